The van der Waals surface area contributed by atoms with Gasteiger partial charge >= 0.3 is 0 Å². The first-order valence-corrected chi connectivity index (χ1v) is 18.7. The second kappa shape index (κ2) is 14.9. The molecule has 0 spiro atoms. The zero-order chi connectivity index (χ0) is 39.8. The molecule has 284 valence electrons. The number of azo groups is 2. The molecule has 0 amide bonds. The van der Waals surface area contributed by atoms with Crippen molar-refractivity contribution in [2.75, 3.05) is 5.73 Å². The summed E-state index contributed by atoms with van der Waals surface area (Å²) in [5.41, 5.74) is 7.13. The van der Waals surface area contributed by atoms with E-state index in [1.165, 1.54) is 42.5 Å². The zero-order valence-electron chi connectivity index (χ0n) is 27.6. The number of aryl methyl sites for hydroxylation is 1. The summed E-state index contributed by atoms with van der Waals surface area (Å²) in [5.74, 6) is -1.63. The monoisotopic (exact) mass is 811 g/mol. The summed E-state index contributed by atoms with van der Waals surface area (Å²) in [6.07, 6.45) is 0. The second-order valence-corrected chi connectivity index (χ2v) is 14.9. The van der Waals surface area contributed by atoms with Gasteiger partial charge in [-0.3, -0.25) is 9.11 Å². The van der Waals surface area contributed by atoms with Crippen LogP contribution in [0.2, 0.25) is 0 Å². The first-order valence-electron chi connectivity index (χ1n) is 15.0. The van der Waals surface area contributed by atoms with Gasteiger partial charge in [0.25, 0.3) is 20.2 Å². The molecule has 0 saturated heterocycles. The van der Waals surface area contributed by atoms with Crippen LogP contribution < -0.4 is 5.73 Å². The summed E-state index contributed by atoms with van der Waals surface area (Å²) < 4.78 is 71.4. The number of fused-ring (bicyclic) bond motifs is 1. The fourth-order valence-corrected chi connectivity index (χ4v) is 6.95. The number of aromatic nitrogens is 2. The van der Waals surface area contributed by atoms with E-state index >= 15 is 0 Å². The Morgan fingerprint density at radius 2 is 1.35 bits per heavy atom. The van der Waals surface area contributed by atoms with Gasteiger partial charge in [0, 0.05) is 16.8 Å². The maximum atomic E-state index is 12.2. The molecule has 55 heavy (non-hydrogen) atoms. The van der Waals surface area contributed by atoms with E-state index < -0.39 is 36.8 Å². The molecule has 6 rings (SSSR count). The van der Waals surface area contributed by atoms with Crippen molar-refractivity contribution in [3.63, 3.8) is 0 Å². The Bertz CT molecular complexity index is 2780. The lowest BCUT2D eigenvalue weighted by atomic mass is 10.0. The lowest BCUT2D eigenvalue weighted by Crippen LogP contribution is -2.02. The highest BCUT2D eigenvalue weighted by Crippen LogP contribution is 2.44. The summed E-state index contributed by atoms with van der Waals surface area (Å²) >= 11 is 0.313. The van der Waals surface area contributed by atoms with Crippen molar-refractivity contribution in [3.8, 4) is 39.9 Å². The molecule has 5 aromatic carbocycles. The molecule has 0 unspecified atom stereocenters. The molecular weight excluding hydrogens is 787 g/mol. The highest BCUT2D eigenvalue weighted by molar-refractivity contribution is 7.94. The van der Waals surface area contributed by atoms with E-state index in [2.05, 4.69) is 34.9 Å². The minimum Gasteiger partial charge on any atom is -0.507 e. The largest absolute Gasteiger partial charge is 0.507 e. The minimum atomic E-state index is -4.89. The minimum absolute atomic E-state index is 0.0162. The first-order chi connectivity index (χ1) is 26.0. The molecule has 23 heteroatoms. The number of phenolic OH excluding ortho intramolecular Hbond substituents is 3. The van der Waals surface area contributed by atoms with Crippen molar-refractivity contribution in [2.24, 2.45) is 20.5 Å². The Labute approximate surface area is 313 Å². The quantitative estimate of drug-likeness (QED) is 0.0161. The Kier molecular flexibility index (Phi) is 10.5. The van der Waals surface area contributed by atoms with Crippen molar-refractivity contribution >= 4 is 71.5 Å². The molecule has 0 bridgehead atoms. The van der Waals surface area contributed by atoms with Gasteiger partial charge in [0.15, 0.2) is 5.69 Å². The first kappa shape index (κ1) is 38.5. The summed E-state index contributed by atoms with van der Waals surface area (Å²) in [4.78, 5) is -1.14. The van der Waals surface area contributed by atoms with Gasteiger partial charge in [-0.1, -0.05) is 17.2 Å². The average molecular weight is 812 g/mol. The molecule has 0 aliphatic rings. The predicted octanol–water partition coefficient (Wildman–Crippen LogP) is 7.16. The summed E-state index contributed by atoms with van der Waals surface area (Å²) in [5, 5.41) is 74.6. The topological polar surface area (TPSA) is 322 Å². The molecule has 9 N–H and O–H groups in total. The third-order valence-electron chi connectivity index (χ3n) is 7.80. The van der Waals surface area contributed by atoms with Gasteiger partial charge in [0.1, 0.15) is 33.5 Å². The van der Waals surface area contributed by atoms with Crippen LogP contribution in [0.5, 0.6) is 23.1 Å². The number of aromatic hydroxyl groups is 4. The number of nitrogens with two attached hydrogens (primary N) is 1. The number of hydrogen-bond donors (Lipinski definition) is 8. The summed E-state index contributed by atoms with van der Waals surface area (Å²) in [7, 11) is -9.31. The highest BCUT2D eigenvalue weighted by atomic mass is 32.2. The maximum absolute atomic E-state index is 12.2. The lowest BCUT2D eigenvalue weighted by Gasteiger charge is -2.13. The maximum Gasteiger partial charge on any atom is 0.295 e. The molecule has 1 aromatic heterocycles. The van der Waals surface area contributed by atoms with E-state index in [9.17, 15) is 46.4 Å². The van der Waals surface area contributed by atoms with Crippen molar-refractivity contribution in [3.05, 3.63) is 84.6 Å². The van der Waals surface area contributed by atoms with E-state index in [-0.39, 0.29) is 71.9 Å². The van der Waals surface area contributed by atoms with Gasteiger partial charge < -0.3 is 26.2 Å². The number of nitrogen functional groups attached to an aromatic ring is 1. The summed E-state index contributed by atoms with van der Waals surface area (Å²) in [6, 6.07) is 16.7. The van der Waals surface area contributed by atoms with E-state index in [1.807, 2.05) is 0 Å². The number of anilines is 1. The van der Waals surface area contributed by atoms with Crippen molar-refractivity contribution in [1.82, 2.24) is 9.78 Å². The Hall–Kier alpha value is -6.18. The zero-order valence-corrected chi connectivity index (χ0v) is 30.0. The average Bonchev–Trinajstić information content (AvgIpc) is 3.41. The molecule has 1 heterocycles. The van der Waals surface area contributed by atoms with E-state index in [4.69, 9.17) is 11.0 Å². The van der Waals surface area contributed by atoms with Gasteiger partial charge in [-0.05, 0) is 78.7 Å². The molecule has 0 atom stereocenters. The number of benzene rings is 5. The van der Waals surface area contributed by atoms with Crippen LogP contribution in [0, 0.1) is 6.92 Å². The molecule has 0 saturated carbocycles. The van der Waals surface area contributed by atoms with E-state index in [0.29, 0.717) is 23.2 Å². The van der Waals surface area contributed by atoms with Crippen molar-refractivity contribution in [1.29, 1.82) is 0 Å². The molecule has 0 aliphatic carbocycles. The van der Waals surface area contributed by atoms with Gasteiger partial charge in [-0.25, -0.2) is 5.26 Å². The number of hydrogen-bond acceptors (Lipinski definition) is 18. The molecule has 0 aliphatic heterocycles. The van der Waals surface area contributed by atoms with Crippen molar-refractivity contribution in [2.45, 2.75) is 21.6 Å². The Balaban J connectivity index is 1.22. The molecule has 20 nitrogen and oxygen atoms in total. The van der Waals surface area contributed by atoms with Crippen LogP contribution >= 0.6 is 12.0 Å². The van der Waals surface area contributed by atoms with Crippen LogP contribution in [0.15, 0.2) is 114 Å². The van der Waals surface area contributed by atoms with Crippen molar-refractivity contribution < 1.29 is 61.0 Å². The SMILES string of the molecule is Cc1nn(-c2ccc(S(=O)(=O)O)cc2)c(O)c1N=Nc1ccc(-c2ccc(N=Nc3cc(O)c4c(N)c(SOOO)cc(S(=O)(=O)O)c4c3)c(O)c2)cc1O. The summed E-state index contributed by atoms with van der Waals surface area (Å²) in [6.45, 7) is 1.54. The second-order valence-electron chi connectivity index (χ2n) is 11.3. The molecular formula is C32H25N7O13S3. The van der Waals surface area contributed by atoms with Gasteiger partial charge in [0.2, 0.25) is 5.88 Å². The van der Waals surface area contributed by atoms with Gasteiger partial charge in [0.05, 0.1) is 44.6 Å². The Morgan fingerprint density at radius 3 is 1.89 bits per heavy atom. The lowest BCUT2D eigenvalue weighted by molar-refractivity contribution is -0.432. The predicted molar refractivity (Wildman–Crippen MR) is 194 cm³/mol. The number of nitrogens with zero attached hydrogens (tertiary/aromatic N) is 6. The van der Waals surface area contributed by atoms with E-state index in [0.717, 1.165) is 28.9 Å². The molecule has 6 aromatic rings. The van der Waals surface area contributed by atoms with Crippen LogP contribution in [-0.4, -0.2) is 61.4 Å². The van der Waals surface area contributed by atoms with Crippen LogP contribution in [-0.2, 0) is 29.6 Å². The number of rotatable bonds is 11. The molecule has 0 radical (unpaired) electrons. The van der Waals surface area contributed by atoms with Gasteiger partial charge in [-0.15, -0.1) is 19.7 Å². The molecule has 0 fully saturated rings. The van der Waals surface area contributed by atoms with Crippen LogP contribution in [0.25, 0.3) is 27.6 Å². The third-order valence-corrected chi connectivity index (χ3v) is 10.2. The van der Waals surface area contributed by atoms with Crippen LogP contribution in [0.1, 0.15) is 5.69 Å². The van der Waals surface area contributed by atoms with Crippen LogP contribution in [0.3, 0.4) is 0 Å². The fourth-order valence-electron chi connectivity index (χ4n) is 5.23. The highest BCUT2D eigenvalue weighted by Gasteiger charge is 2.23. The van der Waals surface area contributed by atoms with Gasteiger partial charge in [-0.2, -0.15) is 31.7 Å². The van der Waals surface area contributed by atoms with E-state index in [1.54, 1.807) is 19.1 Å². The Morgan fingerprint density at radius 1 is 0.745 bits per heavy atom. The van der Waals surface area contributed by atoms with Crippen LogP contribution in [0.4, 0.5) is 28.4 Å². The third kappa shape index (κ3) is 8.03. The standard InChI is InChI=1S/C32H25N7O13S3/c1-15-31(32(43)39(38-15)19-4-6-20(7-5-19)54(45,46)47)37-36-23-9-3-17(11-25(23)41)16-2-8-22(24(40)10-16)35-34-18-12-21-28(55(48,49)50)14-27(53-52-51-44)30(33)29(21)26(42)13-18/h2-14,40-44H,33H2,1H3,(H,45,46,47)(H,48,49,50). The smallest absolute Gasteiger partial charge is 0.295 e. The number of phenols is 3. The fraction of sp³-hybridized carbons (Fsp3) is 0.0312. The normalized spacial score (nSPS) is 12.4.